The van der Waals surface area contributed by atoms with E-state index in [9.17, 15) is 14.4 Å². The smallest absolute Gasteiger partial charge is 0.291 e. The number of carbonyl (C=O) groups excluding carboxylic acids is 3. The van der Waals surface area contributed by atoms with Crippen molar-refractivity contribution in [2.24, 2.45) is 5.92 Å². The fourth-order valence-corrected chi connectivity index (χ4v) is 3.84. The first-order valence-corrected chi connectivity index (χ1v) is 11.0. The van der Waals surface area contributed by atoms with Crippen molar-refractivity contribution in [2.45, 2.75) is 64.5 Å². The first kappa shape index (κ1) is 22.6. The number of benzene rings is 1. The summed E-state index contributed by atoms with van der Waals surface area (Å²) in [6, 6.07) is 9.42. The normalized spacial score (nSPS) is 16.2. The summed E-state index contributed by atoms with van der Waals surface area (Å²) < 4.78 is 5.12. The Hall–Kier alpha value is -3.09. The van der Waals surface area contributed by atoms with Gasteiger partial charge in [-0.15, -0.1) is 0 Å². The Morgan fingerprint density at radius 2 is 1.77 bits per heavy atom. The number of anilines is 1. The zero-order valence-corrected chi connectivity index (χ0v) is 18.1. The molecule has 1 aromatic heterocycles. The van der Waals surface area contributed by atoms with E-state index in [2.05, 4.69) is 16.0 Å². The Balaban J connectivity index is 1.72. The van der Waals surface area contributed by atoms with Crippen LogP contribution in [0.5, 0.6) is 0 Å². The van der Waals surface area contributed by atoms with Crippen LogP contribution >= 0.6 is 0 Å². The minimum atomic E-state index is -0.645. The van der Waals surface area contributed by atoms with Gasteiger partial charge in [-0.05, 0) is 43.0 Å². The van der Waals surface area contributed by atoms with E-state index >= 15 is 0 Å². The molecule has 3 rings (SSSR count). The molecule has 0 unspecified atom stereocenters. The van der Waals surface area contributed by atoms with Gasteiger partial charge in [-0.2, -0.15) is 0 Å². The van der Waals surface area contributed by atoms with Crippen LogP contribution < -0.4 is 16.0 Å². The van der Waals surface area contributed by atoms with E-state index in [1.165, 1.54) is 12.7 Å². The van der Waals surface area contributed by atoms with E-state index in [1.54, 1.807) is 36.4 Å². The summed E-state index contributed by atoms with van der Waals surface area (Å²) in [5.41, 5.74) is 0.651. The predicted molar refractivity (Wildman–Crippen MR) is 119 cm³/mol. The van der Waals surface area contributed by atoms with Gasteiger partial charge in [0, 0.05) is 6.04 Å². The number of hydrogen-bond donors (Lipinski definition) is 3. The van der Waals surface area contributed by atoms with E-state index in [1.807, 2.05) is 13.8 Å². The van der Waals surface area contributed by atoms with Crippen molar-refractivity contribution in [3.05, 3.63) is 54.0 Å². The molecule has 0 aliphatic heterocycles. The van der Waals surface area contributed by atoms with Crippen molar-refractivity contribution in [1.29, 1.82) is 0 Å². The lowest BCUT2D eigenvalue weighted by molar-refractivity contribution is -0.125. The lowest BCUT2D eigenvalue weighted by Gasteiger charge is -2.28. The minimum absolute atomic E-state index is 0.0302. The highest BCUT2D eigenvalue weighted by molar-refractivity contribution is 6.08. The second-order valence-electron chi connectivity index (χ2n) is 8.16. The largest absolute Gasteiger partial charge is 0.459 e. The molecule has 1 aromatic carbocycles. The molecular formula is C24H31N3O4. The monoisotopic (exact) mass is 425 g/mol. The molecule has 7 nitrogen and oxygen atoms in total. The molecule has 3 N–H and O–H groups in total. The van der Waals surface area contributed by atoms with E-state index < -0.39 is 17.9 Å². The molecule has 166 valence electrons. The number of furan rings is 1. The molecule has 0 spiro atoms. The number of carbonyl (C=O) groups is 3. The van der Waals surface area contributed by atoms with Crippen LogP contribution in [0.2, 0.25) is 0 Å². The van der Waals surface area contributed by atoms with Gasteiger partial charge in [0.2, 0.25) is 5.91 Å². The summed E-state index contributed by atoms with van der Waals surface area (Å²) in [5.74, 6) is -0.873. The van der Waals surface area contributed by atoms with Crippen LogP contribution in [0.15, 0.2) is 47.1 Å². The van der Waals surface area contributed by atoms with Gasteiger partial charge in [-0.1, -0.05) is 51.7 Å². The Morgan fingerprint density at radius 3 is 2.45 bits per heavy atom. The molecule has 1 heterocycles. The maximum absolute atomic E-state index is 13.1. The van der Waals surface area contributed by atoms with E-state index in [0.29, 0.717) is 11.3 Å². The highest BCUT2D eigenvalue weighted by Crippen LogP contribution is 2.20. The van der Waals surface area contributed by atoms with Crippen molar-refractivity contribution in [3.8, 4) is 0 Å². The van der Waals surface area contributed by atoms with Crippen LogP contribution in [0.25, 0.3) is 0 Å². The number of nitrogens with one attached hydrogen (secondary N) is 3. The van der Waals surface area contributed by atoms with Crippen LogP contribution in [-0.2, 0) is 4.79 Å². The molecule has 0 bridgehead atoms. The third kappa shape index (κ3) is 5.96. The zero-order valence-electron chi connectivity index (χ0n) is 18.1. The summed E-state index contributed by atoms with van der Waals surface area (Å²) in [6.07, 6.45) is 7.57. The van der Waals surface area contributed by atoms with Crippen molar-refractivity contribution >= 4 is 23.4 Å². The molecule has 31 heavy (non-hydrogen) atoms. The predicted octanol–water partition coefficient (Wildman–Crippen LogP) is 4.13. The minimum Gasteiger partial charge on any atom is -0.459 e. The van der Waals surface area contributed by atoms with Gasteiger partial charge in [0.05, 0.1) is 17.5 Å². The number of rotatable bonds is 8. The molecule has 2 aromatic rings. The average molecular weight is 426 g/mol. The topological polar surface area (TPSA) is 100 Å². The average Bonchev–Trinajstić information content (AvgIpc) is 3.33. The fourth-order valence-electron chi connectivity index (χ4n) is 3.84. The van der Waals surface area contributed by atoms with Gasteiger partial charge in [0.25, 0.3) is 11.8 Å². The van der Waals surface area contributed by atoms with E-state index in [0.717, 1.165) is 32.1 Å². The van der Waals surface area contributed by atoms with Gasteiger partial charge < -0.3 is 20.4 Å². The first-order valence-electron chi connectivity index (χ1n) is 11.0. The van der Waals surface area contributed by atoms with Crippen LogP contribution in [0.1, 0.15) is 73.3 Å². The number of amides is 3. The number of para-hydroxylation sites is 1. The Bertz CT molecular complexity index is 888. The van der Waals surface area contributed by atoms with Crippen LogP contribution in [-0.4, -0.2) is 29.8 Å². The van der Waals surface area contributed by atoms with Crippen LogP contribution in [0, 0.1) is 5.92 Å². The van der Waals surface area contributed by atoms with Gasteiger partial charge in [0.15, 0.2) is 5.76 Å². The molecule has 1 saturated carbocycles. The third-order valence-corrected chi connectivity index (χ3v) is 5.90. The summed E-state index contributed by atoms with van der Waals surface area (Å²) in [5, 5.41) is 8.73. The lowest BCUT2D eigenvalue weighted by atomic mass is 9.93. The maximum Gasteiger partial charge on any atom is 0.291 e. The van der Waals surface area contributed by atoms with Crippen LogP contribution in [0.4, 0.5) is 5.69 Å². The summed E-state index contributed by atoms with van der Waals surface area (Å²) in [6.45, 7) is 3.95. The van der Waals surface area contributed by atoms with Gasteiger partial charge in [-0.25, -0.2) is 0 Å². The second-order valence-corrected chi connectivity index (χ2v) is 8.16. The fraction of sp³-hybridized carbons (Fsp3) is 0.458. The SMILES string of the molecule is CC[C@@H](C)[C@H](NC(=O)c1ccccc1NC(=O)c1ccco1)C(=O)NC1CCCCC1. The quantitative estimate of drug-likeness (QED) is 0.592. The first-order chi connectivity index (χ1) is 15.0. The second kappa shape index (κ2) is 10.8. The lowest BCUT2D eigenvalue weighted by Crippen LogP contribution is -2.52. The van der Waals surface area contributed by atoms with Crippen molar-refractivity contribution in [2.75, 3.05) is 5.32 Å². The van der Waals surface area contributed by atoms with Gasteiger partial charge in [-0.3, -0.25) is 14.4 Å². The summed E-state index contributed by atoms with van der Waals surface area (Å²) in [4.78, 5) is 38.4. The molecule has 2 atom stereocenters. The summed E-state index contributed by atoms with van der Waals surface area (Å²) in [7, 11) is 0. The zero-order chi connectivity index (χ0) is 22.2. The molecular weight excluding hydrogens is 394 g/mol. The molecule has 1 aliphatic rings. The van der Waals surface area contributed by atoms with Crippen molar-refractivity contribution in [3.63, 3.8) is 0 Å². The molecule has 7 heteroatoms. The highest BCUT2D eigenvalue weighted by Gasteiger charge is 2.29. The molecule has 1 aliphatic carbocycles. The third-order valence-electron chi connectivity index (χ3n) is 5.90. The summed E-state index contributed by atoms with van der Waals surface area (Å²) >= 11 is 0. The Labute approximate surface area is 183 Å². The van der Waals surface area contributed by atoms with Crippen LogP contribution in [0.3, 0.4) is 0 Å². The Morgan fingerprint density at radius 1 is 1.03 bits per heavy atom. The highest BCUT2D eigenvalue weighted by atomic mass is 16.3. The molecule has 0 radical (unpaired) electrons. The van der Waals surface area contributed by atoms with Gasteiger partial charge >= 0.3 is 0 Å². The Kier molecular flexibility index (Phi) is 7.87. The number of hydrogen-bond acceptors (Lipinski definition) is 4. The van der Waals surface area contributed by atoms with Crippen molar-refractivity contribution in [1.82, 2.24) is 10.6 Å². The maximum atomic E-state index is 13.1. The molecule has 1 fully saturated rings. The van der Waals surface area contributed by atoms with E-state index in [-0.39, 0.29) is 23.6 Å². The molecule has 0 saturated heterocycles. The standard InChI is InChI=1S/C24H31N3O4/c1-3-16(2)21(24(30)25-17-10-5-4-6-11-17)27-22(28)18-12-7-8-13-19(18)26-23(29)20-14-9-15-31-20/h7-9,12-17,21H,3-6,10-11H2,1-2H3,(H,25,30)(H,26,29)(H,27,28)/t16-,21+/m1/s1. The van der Waals surface area contributed by atoms with E-state index in [4.69, 9.17) is 4.42 Å². The van der Waals surface area contributed by atoms with Gasteiger partial charge in [0.1, 0.15) is 6.04 Å². The molecule has 3 amide bonds. The van der Waals surface area contributed by atoms with Crippen molar-refractivity contribution < 1.29 is 18.8 Å².